The lowest BCUT2D eigenvalue weighted by molar-refractivity contribution is -0.125. The van der Waals surface area contributed by atoms with Gasteiger partial charge in [-0.1, -0.05) is 35.4 Å². The predicted molar refractivity (Wildman–Crippen MR) is 159 cm³/mol. The van der Waals surface area contributed by atoms with Gasteiger partial charge < -0.3 is 5.11 Å². The molecule has 218 valence electrons. The predicted octanol–water partition coefficient (Wildman–Crippen LogP) is 5.95. The van der Waals surface area contributed by atoms with E-state index in [1.54, 1.807) is 36.4 Å². The first-order valence-corrected chi connectivity index (χ1v) is 14.8. The Balaban J connectivity index is 1.39. The molecule has 0 unspecified atom stereocenters. The highest BCUT2D eigenvalue weighted by Gasteiger charge is 2.76. The maximum absolute atomic E-state index is 14.3. The lowest BCUT2D eigenvalue weighted by Gasteiger charge is -2.50. The molecule has 0 bridgehead atoms. The molecule has 4 amide bonds. The zero-order valence-electron chi connectivity index (χ0n) is 22.2. The topological polar surface area (TPSA) is 95.0 Å². The normalized spacial score (nSPS) is 31.6. The lowest BCUT2D eigenvalue weighted by atomic mass is 9.56. The van der Waals surface area contributed by atoms with Crippen LogP contribution >= 0.6 is 34.8 Å². The molecule has 0 spiro atoms. The van der Waals surface area contributed by atoms with Gasteiger partial charge in [-0.2, -0.15) is 0 Å². The van der Waals surface area contributed by atoms with Crippen molar-refractivity contribution < 1.29 is 28.7 Å². The monoisotopic (exact) mass is 638 g/mol. The van der Waals surface area contributed by atoms with Crippen molar-refractivity contribution >= 4 is 69.8 Å². The number of rotatable bonds is 3. The number of fused-ring (bicyclic) bond motifs is 4. The molecule has 4 aliphatic rings. The molecule has 43 heavy (non-hydrogen) atoms. The fourth-order valence-corrected chi connectivity index (χ4v) is 8.38. The Morgan fingerprint density at radius 1 is 0.814 bits per heavy atom. The number of imide groups is 2. The molecule has 1 saturated carbocycles. The molecule has 2 aliphatic heterocycles. The van der Waals surface area contributed by atoms with E-state index < -0.39 is 57.0 Å². The minimum absolute atomic E-state index is 0.0939. The number of hydrogen-bond acceptors (Lipinski definition) is 5. The third-order valence-corrected chi connectivity index (χ3v) is 10.8. The molecule has 7 nitrogen and oxygen atoms in total. The van der Waals surface area contributed by atoms with Crippen molar-refractivity contribution in [1.29, 1.82) is 0 Å². The van der Waals surface area contributed by atoms with Crippen LogP contribution in [0.5, 0.6) is 5.75 Å². The summed E-state index contributed by atoms with van der Waals surface area (Å²) in [6, 6.07) is 17.3. The Labute approximate surface area is 260 Å². The number of phenols is 1. The van der Waals surface area contributed by atoms with Gasteiger partial charge in [0, 0.05) is 10.9 Å². The number of halogens is 4. The molecule has 3 aromatic rings. The van der Waals surface area contributed by atoms with Gasteiger partial charge in [-0.05, 0) is 85.0 Å². The average Bonchev–Trinajstić information content (AvgIpc) is 3.32. The number of carbonyl (C=O) groups is 4. The summed E-state index contributed by atoms with van der Waals surface area (Å²) in [4.78, 5) is 54.1. The van der Waals surface area contributed by atoms with Crippen molar-refractivity contribution in [3.05, 3.63) is 101 Å². The highest BCUT2D eigenvalue weighted by molar-refractivity contribution is 6.58. The van der Waals surface area contributed by atoms with Gasteiger partial charge in [-0.25, -0.2) is 9.29 Å². The van der Waals surface area contributed by atoms with Crippen molar-refractivity contribution in [2.75, 3.05) is 9.80 Å². The van der Waals surface area contributed by atoms with Crippen LogP contribution in [-0.2, 0) is 19.2 Å². The summed E-state index contributed by atoms with van der Waals surface area (Å²) in [6.45, 7) is 0. The molecule has 0 aromatic heterocycles. The van der Waals surface area contributed by atoms with E-state index in [0.29, 0.717) is 21.8 Å². The van der Waals surface area contributed by atoms with Gasteiger partial charge in [-0.3, -0.25) is 24.1 Å². The van der Waals surface area contributed by atoms with Gasteiger partial charge in [-0.15, -0.1) is 23.2 Å². The summed E-state index contributed by atoms with van der Waals surface area (Å²) in [5.74, 6) is -6.44. The number of allylic oxidation sites excluding steroid dienone is 2. The van der Waals surface area contributed by atoms with E-state index >= 15 is 0 Å². The van der Waals surface area contributed by atoms with Crippen LogP contribution in [0.1, 0.15) is 24.3 Å². The van der Waals surface area contributed by atoms with Gasteiger partial charge in [0.1, 0.15) is 11.6 Å². The summed E-state index contributed by atoms with van der Waals surface area (Å²) >= 11 is 20.6. The second-order valence-electron chi connectivity index (χ2n) is 11.3. The van der Waals surface area contributed by atoms with Crippen LogP contribution in [0.4, 0.5) is 15.8 Å². The lowest BCUT2D eigenvalue weighted by Crippen LogP contribution is -2.60. The van der Waals surface area contributed by atoms with Crippen LogP contribution in [0.3, 0.4) is 0 Å². The summed E-state index contributed by atoms with van der Waals surface area (Å²) in [6.07, 6.45) is 1.82. The molecule has 3 aromatic carbocycles. The minimum atomic E-state index is -2.06. The number of anilines is 2. The summed E-state index contributed by atoms with van der Waals surface area (Å²) in [7, 11) is 0. The maximum atomic E-state index is 14.3. The van der Waals surface area contributed by atoms with Gasteiger partial charge >= 0.3 is 0 Å². The van der Waals surface area contributed by atoms with Crippen molar-refractivity contribution in [2.24, 2.45) is 17.8 Å². The molecular weight excluding hydrogens is 618 g/mol. The molecular formula is C32H22Cl3FN2O5. The van der Waals surface area contributed by atoms with Crippen molar-refractivity contribution in [2.45, 2.75) is 28.5 Å². The van der Waals surface area contributed by atoms with Crippen LogP contribution in [0.2, 0.25) is 5.02 Å². The number of alkyl halides is 2. The van der Waals surface area contributed by atoms with Gasteiger partial charge in [0.25, 0.3) is 11.8 Å². The third-order valence-electron chi connectivity index (χ3n) is 9.18. The standard InChI is InChI=1S/C32H22Cl3FN2O5/c33-17-4-8-19(9-5-17)37-27(40)23-13-12-22-24(25(23)28(37)41)15-31(34)29(42)38(20-10-6-18(36)7-11-20)30(43)32(31,35)26(22)16-2-1-3-21(39)14-16/h1-12,14,23-26,39H,13,15H2/t23-,24+,25-,26-,31+,32-/m0/s1. The Kier molecular flexibility index (Phi) is 6.30. The first-order valence-electron chi connectivity index (χ1n) is 13.6. The summed E-state index contributed by atoms with van der Waals surface area (Å²) in [5.41, 5.74) is 1.48. The average molecular weight is 640 g/mol. The van der Waals surface area contributed by atoms with Crippen molar-refractivity contribution in [3.8, 4) is 5.75 Å². The fourth-order valence-electron chi connectivity index (χ4n) is 7.32. The SMILES string of the molecule is O=C1[C@H]2[C@H](CC=C3[C@H]2C[C@@]2(Cl)C(=O)N(c4ccc(F)cc4)C(=O)[C@@]2(Cl)[C@H]3c2cccc(O)c2)C(=O)N1c1ccc(Cl)cc1. The number of aromatic hydroxyl groups is 1. The number of benzene rings is 3. The Bertz CT molecular complexity index is 1760. The second kappa shape index (κ2) is 9.64. The van der Waals surface area contributed by atoms with Crippen LogP contribution in [-0.4, -0.2) is 38.5 Å². The van der Waals surface area contributed by atoms with E-state index in [-0.39, 0.29) is 30.2 Å². The molecule has 0 radical (unpaired) electrons. The maximum Gasteiger partial charge on any atom is 0.258 e. The van der Waals surface area contributed by atoms with Gasteiger partial charge in [0.15, 0.2) is 9.75 Å². The molecule has 6 atom stereocenters. The Morgan fingerprint density at radius 3 is 2.14 bits per heavy atom. The third kappa shape index (κ3) is 3.79. The van der Waals surface area contributed by atoms with Crippen molar-refractivity contribution in [1.82, 2.24) is 0 Å². The molecule has 2 saturated heterocycles. The van der Waals surface area contributed by atoms with E-state index in [1.807, 2.05) is 6.08 Å². The van der Waals surface area contributed by atoms with Gasteiger partial charge in [0.05, 0.1) is 23.2 Å². The van der Waals surface area contributed by atoms with Crippen molar-refractivity contribution in [3.63, 3.8) is 0 Å². The quantitative estimate of drug-likeness (QED) is 0.217. The Hall–Kier alpha value is -3.72. The highest BCUT2D eigenvalue weighted by Crippen LogP contribution is 2.66. The molecule has 2 aliphatic carbocycles. The fraction of sp³-hybridized carbons (Fsp3) is 0.250. The summed E-state index contributed by atoms with van der Waals surface area (Å²) in [5, 5.41) is 10.8. The van der Waals surface area contributed by atoms with E-state index in [1.165, 1.54) is 24.3 Å². The van der Waals surface area contributed by atoms with E-state index in [0.717, 1.165) is 21.9 Å². The zero-order chi connectivity index (χ0) is 30.4. The molecule has 2 heterocycles. The first-order chi connectivity index (χ1) is 20.5. The van der Waals surface area contributed by atoms with E-state index in [2.05, 4.69) is 0 Å². The Morgan fingerprint density at radius 2 is 1.47 bits per heavy atom. The number of amides is 4. The highest BCUT2D eigenvalue weighted by atomic mass is 35.5. The van der Waals surface area contributed by atoms with E-state index in [9.17, 15) is 28.7 Å². The molecule has 11 heteroatoms. The minimum Gasteiger partial charge on any atom is -0.508 e. The molecule has 1 N–H and O–H groups in total. The molecule has 3 fully saturated rings. The number of nitrogens with zero attached hydrogens (tertiary/aromatic N) is 2. The molecule has 7 rings (SSSR count). The number of phenolic OH excluding ortho intramolecular Hbond substituents is 1. The summed E-state index contributed by atoms with van der Waals surface area (Å²) < 4.78 is 13.8. The van der Waals surface area contributed by atoms with Gasteiger partial charge in [0.2, 0.25) is 11.8 Å². The smallest absolute Gasteiger partial charge is 0.258 e. The number of carbonyl (C=O) groups excluding carboxylic acids is 4. The second-order valence-corrected chi connectivity index (χ2v) is 13.0. The van der Waals surface area contributed by atoms with Crippen LogP contribution in [0.25, 0.3) is 0 Å². The van der Waals surface area contributed by atoms with Crippen LogP contribution < -0.4 is 9.80 Å². The van der Waals surface area contributed by atoms with Crippen LogP contribution in [0.15, 0.2) is 84.4 Å². The largest absolute Gasteiger partial charge is 0.508 e. The first kappa shape index (κ1) is 28.1. The van der Waals surface area contributed by atoms with Crippen LogP contribution in [0, 0.1) is 23.6 Å². The zero-order valence-corrected chi connectivity index (χ0v) is 24.5. The number of hydrogen-bond donors (Lipinski definition) is 1. The van der Waals surface area contributed by atoms with E-state index in [4.69, 9.17) is 34.8 Å².